The van der Waals surface area contributed by atoms with E-state index in [4.69, 9.17) is 9.47 Å². The molecular formula is C32H37FN8O6. The Bertz CT molecular complexity index is 1680. The third kappa shape index (κ3) is 7.74. The van der Waals surface area contributed by atoms with Crippen LogP contribution in [0.25, 0.3) is 0 Å². The minimum atomic E-state index is -1.02. The Morgan fingerprint density at radius 3 is 2.66 bits per heavy atom. The van der Waals surface area contributed by atoms with Crippen molar-refractivity contribution in [2.75, 3.05) is 34.9 Å². The molecule has 1 unspecified atom stereocenters. The van der Waals surface area contributed by atoms with Crippen LogP contribution < -0.4 is 36.1 Å². The summed E-state index contributed by atoms with van der Waals surface area (Å²) in [5.41, 5.74) is -0.144. The molecule has 248 valence electrons. The maximum absolute atomic E-state index is 14.8. The molecule has 14 nitrogen and oxygen atoms in total. The van der Waals surface area contributed by atoms with Crippen molar-refractivity contribution in [3.05, 3.63) is 54.5 Å². The number of aromatic nitrogens is 3. The number of aldehydes is 1. The zero-order chi connectivity index (χ0) is 33.7. The van der Waals surface area contributed by atoms with Crippen molar-refractivity contribution in [3.8, 4) is 11.5 Å². The number of carbonyl (C=O) groups is 3. The molecule has 1 aliphatic heterocycles. The highest BCUT2D eigenvalue weighted by Gasteiger charge is 2.36. The van der Waals surface area contributed by atoms with Crippen LogP contribution in [0.1, 0.15) is 49.9 Å². The van der Waals surface area contributed by atoms with Crippen LogP contribution in [0, 0.1) is 17.7 Å². The molecule has 1 atom stereocenters. The molecule has 1 aliphatic carbocycles. The lowest BCUT2D eigenvalue weighted by molar-refractivity contribution is -0.121. The van der Waals surface area contributed by atoms with Gasteiger partial charge in [-0.05, 0) is 69.7 Å². The maximum Gasteiger partial charge on any atom is 0.243 e. The van der Waals surface area contributed by atoms with Crippen molar-refractivity contribution >= 4 is 52.9 Å². The van der Waals surface area contributed by atoms with Crippen LogP contribution in [0.5, 0.6) is 11.5 Å². The minimum absolute atomic E-state index is 0.0546. The molecular weight excluding hydrogens is 611 g/mol. The van der Waals surface area contributed by atoms with Crippen molar-refractivity contribution < 1.29 is 33.4 Å². The number of halogens is 1. The molecule has 0 spiro atoms. The van der Waals surface area contributed by atoms with Gasteiger partial charge in [-0.1, -0.05) is 6.58 Å². The third-order valence-corrected chi connectivity index (χ3v) is 8.12. The normalized spacial score (nSPS) is 19.6. The lowest BCUT2D eigenvalue weighted by Gasteiger charge is -2.37. The summed E-state index contributed by atoms with van der Waals surface area (Å²) in [6.07, 6.45) is 4.66. The van der Waals surface area contributed by atoms with E-state index in [9.17, 15) is 23.9 Å². The molecule has 2 aromatic heterocycles. The predicted molar refractivity (Wildman–Crippen MR) is 173 cm³/mol. The summed E-state index contributed by atoms with van der Waals surface area (Å²) in [7, 11) is 1.39. The third-order valence-electron chi connectivity index (χ3n) is 8.12. The largest absolute Gasteiger partial charge is 0.496 e. The van der Waals surface area contributed by atoms with Crippen LogP contribution in [-0.4, -0.2) is 63.6 Å². The minimum Gasteiger partial charge on any atom is -0.496 e. The Kier molecular flexibility index (Phi) is 9.84. The van der Waals surface area contributed by atoms with E-state index in [0.717, 1.165) is 19.0 Å². The molecule has 0 radical (unpaired) electrons. The standard InChI is InChI=1S/C32H37FN8O6/c1-5-26(43)34-14-17-6-8-18(9-7-17)29(44)36-19-12-22(20(16-42)24(13-19)46-4)37-31-35-15-21(33)27(41-31)38-25-11-10-23-28(39-25)40-30(45)32(2,3)47-23/h5,10-13,15-18,30,45H,1,6-9,14H2,2-4H3,(H,34,43)(H,36,44)(H3,35,37,38,39,40,41). The number of nitrogens with zero attached hydrogens (tertiary/aromatic N) is 3. The number of nitrogens with one attached hydrogen (secondary N) is 5. The Labute approximate surface area is 270 Å². The molecule has 0 saturated heterocycles. The summed E-state index contributed by atoms with van der Waals surface area (Å²) in [5.74, 6) is -0.278. The zero-order valence-electron chi connectivity index (χ0n) is 26.2. The Morgan fingerprint density at radius 1 is 1.19 bits per heavy atom. The number of anilines is 6. The van der Waals surface area contributed by atoms with Gasteiger partial charge in [0.05, 0.1) is 24.6 Å². The van der Waals surface area contributed by atoms with E-state index < -0.39 is 17.6 Å². The highest BCUT2D eigenvalue weighted by atomic mass is 19.1. The highest BCUT2D eigenvalue weighted by molar-refractivity contribution is 5.97. The van der Waals surface area contributed by atoms with Gasteiger partial charge in [-0.25, -0.2) is 14.4 Å². The van der Waals surface area contributed by atoms with E-state index in [0.29, 0.717) is 37.1 Å². The molecule has 1 aromatic carbocycles. The number of pyridine rings is 1. The number of benzene rings is 1. The fourth-order valence-electron chi connectivity index (χ4n) is 5.38. The molecule has 15 heteroatoms. The number of aliphatic hydroxyl groups is 1. The van der Waals surface area contributed by atoms with E-state index in [1.807, 2.05) is 0 Å². The first-order valence-electron chi connectivity index (χ1n) is 15.1. The van der Waals surface area contributed by atoms with Gasteiger partial charge < -0.3 is 41.2 Å². The average Bonchev–Trinajstić information content (AvgIpc) is 3.05. The lowest BCUT2D eigenvalue weighted by Crippen LogP contribution is -2.49. The Hall–Kier alpha value is -5.31. The van der Waals surface area contributed by atoms with Gasteiger partial charge in [-0.3, -0.25) is 14.4 Å². The van der Waals surface area contributed by atoms with Gasteiger partial charge in [-0.2, -0.15) is 4.98 Å². The predicted octanol–water partition coefficient (Wildman–Crippen LogP) is 4.27. The first-order valence-corrected chi connectivity index (χ1v) is 15.1. The van der Waals surface area contributed by atoms with Crippen LogP contribution in [-0.2, 0) is 9.59 Å². The van der Waals surface area contributed by atoms with Crippen molar-refractivity contribution in [3.63, 3.8) is 0 Å². The van der Waals surface area contributed by atoms with Crippen LogP contribution in [0.3, 0.4) is 0 Å². The van der Waals surface area contributed by atoms with E-state index in [2.05, 4.69) is 48.1 Å². The van der Waals surface area contributed by atoms with Gasteiger partial charge in [-0.15, -0.1) is 0 Å². The first kappa shape index (κ1) is 33.1. The van der Waals surface area contributed by atoms with Crippen LogP contribution in [0.2, 0.25) is 0 Å². The lowest BCUT2D eigenvalue weighted by atomic mass is 9.81. The second-order valence-electron chi connectivity index (χ2n) is 11.8. The van der Waals surface area contributed by atoms with Crippen molar-refractivity contribution in [1.82, 2.24) is 20.3 Å². The molecule has 2 aliphatic rings. The van der Waals surface area contributed by atoms with Gasteiger partial charge in [0.2, 0.25) is 17.8 Å². The second-order valence-corrected chi connectivity index (χ2v) is 11.8. The van der Waals surface area contributed by atoms with Crippen molar-refractivity contribution in [1.29, 1.82) is 0 Å². The van der Waals surface area contributed by atoms with E-state index in [-0.39, 0.29) is 64.1 Å². The first-order chi connectivity index (χ1) is 22.5. The smallest absolute Gasteiger partial charge is 0.243 e. The molecule has 1 fully saturated rings. The number of fused-ring (bicyclic) bond motifs is 1. The number of methoxy groups -OCH3 is 1. The van der Waals surface area contributed by atoms with Gasteiger partial charge >= 0.3 is 0 Å². The van der Waals surface area contributed by atoms with Crippen LogP contribution in [0.15, 0.2) is 43.1 Å². The highest BCUT2D eigenvalue weighted by Crippen LogP contribution is 2.36. The molecule has 1 saturated carbocycles. The maximum atomic E-state index is 14.8. The van der Waals surface area contributed by atoms with Crippen molar-refractivity contribution in [2.45, 2.75) is 51.4 Å². The summed E-state index contributed by atoms with van der Waals surface area (Å²) >= 11 is 0. The van der Waals surface area contributed by atoms with Crippen LogP contribution >= 0.6 is 0 Å². The van der Waals surface area contributed by atoms with Gasteiger partial charge in [0.1, 0.15) is 17.2 Å². The molecule has 2 amide bonds. The van der Waals surface area contributed by atoms with E-state index >= 15 is 0 Å². The van der Waals surface area contributed by atoms with Crippen molar-refractivity contribution in [2.24, 2.45) is 11.8 Å². The number of amides is 2. The summed E-state index contributed by atoms with van der Waals surface area (Å²) in [5, 5.41) is 24.6. The Morgan fingerprint density at radius 2 is 1.96 bits per heavy atom. The molecule has 3 heterocycles. The summed E-state index contributed by atoms with van der Waals surface area (Å²) in [6.45, 7) is 7.45. The quantitative estimate of drug-likeness (QED) is 0.128. The number of hydrogen-bond acceptors (Lipinski definition) is 12. The average molecular weight is 649 g/mol. The van der Waals surface area contributed by atoms with Gasteiger partial charge in [0.25, 0.3) is 0 Å². The molecule has 47 heavy (non-hydrogen) atoms. The zero-order valence-corrected chi connectivity index (χ0v) is 26.2. The number of aliphatic hydroxyl groups excluding tert-OH is 1. The van der Waals surface area contributed by atoms with Crippen LogP contribution in [0.4, 0.5) is 39.2 Å². The topological polar surface area (TPSA) is 189 Å². The summed E-state index contributed by atoms with van der Waals surface area (Å²) in [6, 6.07) is 6.28. The summed E-state index contributed by atoms with van der Waals surface area (Å²) in [4.78, 5) is 49.3. The molecule has 3 aromatic rings. The fraction of sp³-hybridized carbons (Fsp3) is 0.375. The monoisotopic (exact) mass is 648 g/mol. The number of carbonyl (C=O) groups excluding carboxylic acids is 3. The SMILES string of the molecule is C=CC(=O)NCC1CCC(C(=O)Nc2cc(Nc3ncc(F)c(Nc4ccc5c(n4)NC(O)C(C)(C)O5)n3)c(C=O)c(OC)c2)CC1. The molecule has 0 bridgehead atoms. The van der Waals surface area contributed by atoms with E-state index in [1.54, 1.807) is 38.1 Å². The van der Waals surface area contributed by atoms with Gasteiger partial charge in [0, 0.05) is 24.2 Å². The fourth-order valence-corrected chi connectivity index (χ4v) is 5.38. The van der Waals surface area contributed by atoms with E-state index in [1.165, 1.54) is 13.2 Å². The second kappa shape index (κ2) is 14.0. The number of hydrogen-bond donors (Lipinski definition) is 6. The Balaban J connectivity index is 1.29. The summed E-state index contributed by atoms with van der Waals surface area (Å²) < 4.78 is 26.0. The van der Waals surface area contributed by atoms with Gasteiger partial charge in [0.15, 0.2) is 35.7 Å². The molecule has 5 rings (SSSR count). The number of rotatable bonds is 11. The molecule has 6 N–H and O–H groups in total. The number of ether oxygens (including phenoxy) is 2.